The molecule has 0 aliphatic carbocycles. The SMILES string of the molecule is COc1cccc(OCCNC(=O)c2cnc(-c3ccccc3)s2)c1. The normalized spacial score (nSPS) is 10.3. The van der Waals surface area contributed by atoms with Crippen LogP contribution in [-0.4, -0.2) is 31.2 Å². The minimum atomic E-state index is -0.145. The Kier molecular flexibility index (Phi) is 5.64. The molecule has 0 bridgehead atoms. The monoisotopic (exact) mass is 354 g/mol. The summed E-state index contributed by atoms with van der Waals surface area (Å²) in [6.45, 7) is 0.790. The number of hydrogen-bond donors (Lipinski definition) is 1. The van der Waals surface area contributed by atoms with Crippen molar-refractivity contribution >= 4 is 17.2 Å². The molecule has 1 aromatic heterocycles. The maximum atomic E-state index is 12.2. The summed E-state index contributed by atoms with van der Waals surface area (Å²) in [6, 6.07) is 17.2. The van der Waals surface area contributed by atoms with Crippen LogP contribution < -0.4 is 14.8 Å². The van der Waals surface area contributed by atoms with Gasteiger partial charge in [-0.25, -0.2) is 4.98 Å². The topological polar surface area (TPSA) is 60.5 Å². The van der Waals surface area contributed by atoms with Gasteiger partial charge in [-0.05, 0) is 12.1 Å². The zero-order valence-corrected chi connectivity index (χ0v) is 14.6. The fraction of sp³-hybridized carbons (Fsp3) is 0.158. The molecule has 0 spiro atoms. The lowest BCUT2D eigenvalue weighted by molar-refractivity contribution is 0.0951. The molecule has 0 fully saturated rings. The number of carbonyl (C=O) groups excluding carboxylic acids is 1. The first-order valence-corrected chi connectivity index (χ1v) is 8.64. The Hall–Kier alpha value is -2.86. The van der Waals surface area contributed by atoms with Gasteiger partial charge in [-0.2, -0.15) is 0 Å². The van der Waals surface area contributed by atoms with Gasteiger partial charge in [0.2, 0.25) is 0 Å². The first kappa shape index (κ1) is 17.0. The quantitative estimate of drug-likeness (QED) is 0.658. The molecule has 5 nitrogen and oxygen atoms in total. The van der Waals surface area contributed by atoms with Gasteiger partial charge >= 0.3 is 0 Å². The van der Waals surface area contributed by atoms with E-state index in [0.29, 0.717) is 23.8 Å². The van der Waals surface area contributed by atoms with Gasteiger partial charge in [0.1, 0.15) is 28.0 Å². The average Bonchev–Trinajstić information content (AvgIpc) is 3.16. The maximum Gasteiger partial charge on any atom is 0.263 e. The molecule has 0 radical (unpaired) electrons. The van der Waals surface area contributed by atoms with Gasteiger partial charge in [-0.15, -0.1) is 11.3 Å². The highest BCUT2D eigenvalue weighted by molar-refractivity contribution is 7.16. The van der Waals surface area contributed by atoms with Crippen molar-refractivity contribution in [2.24, 2.45) is 0 Å². The predicted octanol–water partition coefficient (Wildman–Crippen LogP) is 3.63. The van der Waals surface area contributed by atoms with Crippen LogP contribution in [0.15, 0.2) is 60.8 Å². The third kappa shape index (κ3) is 4.58. The number of amides is 1. The predicted molar refractivity (Wildman–Crippen MR) is 98.4 cm³/mol. The zero-order chi connectivity index (χ0) is 17.5. The van der Waals surface area contributed by atoms with Crippen LogP contribution in [0.1, 0.15) is 9.67 Å². The molecule has 0 saturated carbocycles. The van der Waals surface area contributed by atoms with E-state index in [9.17, 15) is 4.79 Å². The first-order chi connectivity index (χ1) is 12.3. The van der Waals surface area contributed by atoms with Gasteiger partial charge in [0.25, 0.3) is 5.91 Å². The molecule has 25 heavy (non-hydrogen) atoms. The van der Waals surface area contributed by atoms with Crippen molar-refractivity contribution in [1.82, 2.24) is 10.3 Å². The van der Waals surface area contributed by atoms with E-state index in [1.54, 1.807) is 19.4 Å². The smallest absolute Gasteiger partial charge is 0.263 e. The van der Waals surface area contributed by atoms with Crippen molar-refractivity contribution in [3.8, 4) is 22.1 Å². The summed E-state index contributed by atoms with van der Waals surface area (Å²) in [5.41, 5.74) is 1.01. The minimum absolute atomic E-state index is 0.145. The molecule has 6 heteroatoms. The third-order valence-corrected chi connectivity index (χ3v) is 4.49. The number of aromatic nitrogens is 1. The summed E-state index contributed by atoms with van der Waals surface area (Å²) in [4.78, 5) is 17.1. The molecule has 0 unspecified atom stereocenters. The van der Waals surface area contributed by atoms with E-state index in [1.165, 1.54) is 11.3 Å². The molecular weight excluding hydrogens is 336 g/mol. The largest absolute Gasteiger partial charge is 0.497 e. The summed E-state index contributed by atoms with van der Waals surface area (Å²) in [7, 11) is 1.61. The molecule has 128 valence electrons. The Morgan fingerprint density at radius 1 is 1.12 bits per heavy atom. The van der Waals surface area contributed by atoms with Crippen molar-refractivity contribution in [3.63, 3.8) is 0 Å². The summed E-state index contributed by atoms with van der Waals surface area (Å²) < 4.78 is 10.7. The van der Waals surface area contributed by atoms with Crippen LogP contribution in [0.5, 0.6) is 11.5 Å². The Morgan fingerprint density at radius 2 is 1.92 bits per heavy atom. The van der Waals surface area contributed by atoms with Gasteiger partial charge in [-0.3, -0.25) is 4.79 Å². The molecular formula is C19H18N2O3S. The second-order valence-electron chi connectivity index (χ2n) is 5.18. The van der Waals surface area contributed by atoms with E-state index in [4.69, 9.17) is 9.47 Å². The van der Waals surface area contributed by atoms with Crippen LogP contribution in [-0.2, 0) is 0 Å². The number of benzene rings is 2. The number of methoxy groups -OCH3 is 1. The number of hydrogen-bond acceptors (Lipinski definition) is 5. The van der Waals surface area contributed by atoms with Crippen LogP contribution in [0, 0.1) is 0 Å². The molecule has 1 N–H and O–H groups in total. The maximum absolute atomic E-state index is 12.2. The van der Waals surface area contributed by atoms with Crippen molar-refractivity contribution in [3.05, 3.63) is 65.7 Å². The van der Waals surface area contributed by atoms with Crippen LogP contribution in [0.25, 0.3) is 10.6 Å². The standard InChI is InChI=1S/C19H18N2O3S/c1-23-15-8-5-9-16(12-15)24-11-10-20-18(22)17-13-21-19(25-17)14-6-3-2-4-7-14/h2-9,12-13H,10-11H2,1H3,(H,20,22). The van der Waals surface area contributed by atoms with Crippen molar-refractivity contribution in [2.75, 3.05) is 20.3 Å². The molecule has 0 aliphatic rings. The van der Waals surface area contributed by atoms with Crippen LogP contribution in [0.2, 0.25) is 0 Å². The van der Waals surface area contributed by atoms with Crippen molar-refractivity contribution in [1.29, 1.82) is 0 Å². The molecule has 0 saturated heterocycles. The summed E-state index contributed by atoms with van der Waals surface area (Å²) >= 11 is 1.37. The Morgan fingerprint density at radius 3 is 2.72 bits per heavy atom. The number of nitrogens with one attached hydrogen (secondary N) is 1. The number of rotatable bonds is 7. The van der Waals surface area contributed by atoms with E-state index in [0.717, 1.165) is 16.3 Å². The lowest BCUT2D eigenvalue weighted by Crippen LogP contribution is -2.27. The van der Waals surface area contributed by atoms with E-state index < -0.39 is 0 Å². The zero-order valence-electron chi connectivity index (χ0n) is 13.8. The molecule has 1 heterocycles. The summed E-state index contributed by atoms with van der Waals surface area (Å²) in [5, 5.41) is 3.67. The van der Waals surface area contributed by atoms with Gasteiger partial charge < -0.3 is 14.8 Å². The number of ether oxygens (including phenoxy) is 2. The van der Waals surface area contributed by atoms with Crippen molar-refractivity contribution in [2.45, 2.75) is 0 Å². The fourth-order valence-corrected chi connectivity index (χ4v) is 3.04. The molecule has 3 aromatic rings. The van der Waals surface area contributed by atoms with E-state index in [-0.39, 0.29) is 5.91 Å². The first-order valence-electron chi connectivity index (χ1n) is 7.82. The van der Waals surface area contributed by atoms with Crippen LogP contribution >= 0.6 is 11.3 Å². The Labute approximate surface area is 150 Å². The molecule has 1 amide bonds. The van der Waals surface area contributed by atoms with Gasteiger partial charge in [0, 0.05) is 11.6 Å². The second kappa shape index (κ2) is 8.30. The molecule has 0 atom stereocenters. The summed E-state index contributed by atoms with van der Waals surface area (Å²) in [6.07, 6.45) is 1.60. The fourth-order valence-electron chi connectivity index (χ4n) is 2.20. The Balaban J connectivity index is 1.49. The lowest BCUT2D eigenvalue weighted by Gasteiger charge is -2.08. The van der Waals surface area contributed by atoms with Crippen LogP contribution in [0.3, 0.4) is 0 Å². The molecule has 3 rings (SSSR count). The van der Waals surface area contributed by atoms with E-state index in [2.05, 4.69) is 10.3 Å². The van der Waals surface area contributed by atoms with Crippen molar-refractivity contribution < 1.29 is 14.3 Å². The van der Waals surface area contributed by atoms with Gasteiger partial charge in [0.05, 0.1) is 19.9 Å². The van der Waals surface area contributed by atoms with Crippen LogP contribution in [0.4, 0.5) is 0 Å². The number of nitrogens with zero attached hydrogens (tertiary/aromatic N) is 1. The molecule has 0 aliphatic heterocycles. The molecule has 2 aromatic carbocycles. The lowest BCUT2D eigenvalue weighted by atomic mass is 10.2. The number of carbonyl (C=O) groups is 1. The highest BCUT2D eigenvalue weighted by Gasteiger charge is 2.11. The highest BCUT2D eigenvalue weighted by Crippen LogP contribution is 2.24. The number of thiazole rings is 1. The van der Waals surface area contributed by atoms with E-state index in [1.807, 2.05) is 48.5 Å². The van der Waals surface area contributed by atoms with Gasteiger partial charge in [-0.1, -0.05) is 36.4 Å². The Bertz CT molecular complexity index is 833. The van der Waals surface area contributed by atoms with E-state index >= 15 is 0 Å². The second-order valence-corrected chi connectivity index (χ2v) is 6.21. The third-order valence-electron chi connectivity index (χ3n) is 3.45. The highest BCUT2D eigenvalue weighted by atomic mass is 32.1. The van der Waals surface area contributed by atoms with Gasteiger partial charge in [0.15, 0.2) is 0 Å². The summed E-state index contributed by atoms with van der Waals surface area (Å²) in [5.74, 6) is 1.30. The average molecular weight is 354 g/mol. The minimum Gasteiger partial charge on any atom is -0.497 e.